The van der Waals surface area contributed by atoms with Crippen LogP contribution < -0.4 is 15.8 Å². The first-order chi connectivity index (χ1) is 9.88. The lowest BCUT2D eigenvalue weighted by molar-refractivity contribution is -0.123. The molecular weight excluding hydrogens is 264 g/mol. The topological polar surface area (TPSA) is 64.3 Å². The minimum Gasteiger partial charge on any atom is -0.483 e. The van der Waals surface area contributed by atoms with Gasteiger partial charge in [-0.25, -0.2) is 0 Å². The van der Waals surface area contributed by atoms with Crippen LogP contribution in [0.1, 0.15) is 57.6 Å². The summed E-state index contributed by atoms with van der Waals surface area (Å²) in [5, 5.41) is 2.97. The molecule has 1 rings (SSSR count). The first kappa shape index (κ1) is 17.3. The van der Waals surface area contributed by atoms with Crippen molar-refractivity contribution < 1.29 is 9.53 Å². The van der Waals surface area contributed by atoms with Gasteiger partial charge in [-0.05, 0) is 48.9 Å². The summed E-state index contributed by atoms with van der Waals surface area (Å²) in [6.45, 7) is 10.3. The number of nitrogens with two attached hydrogens (primary N) is 1. The van der Waals surface area contributed by atoms with Crippen LogP contribution >= 0.6 is 0 Å². The van der Waals surface area contributed by atoms with Crippen molar-refractivity contribution in [3.8, 4) is 5.75 Å². The highest BCUT2D eigenvalue weighted by Gasteiger charge is 2.13. The van der Waals surface area contributed by atoms with Crippen molar-refractivity contribution >= 4 is 11.6 Å². The molecule has 118 valence electrons. The summed E-state index contributed by atoms with van der Waals surface area (Å²) in [7, 11) is 0. The summed E-state index contributed by atoms with van der Waals surface area (Å²) in [6, 6.07) is 4.07. The molecule has 0 fully saturated rings. The summed E-state index contributed by atoms with van der Waals surface area (Å²) in [5.41, 5.74) is 8.71. The Hall–Kier alpha value is -1.71. The number of carbonyl (C=O) groups excluding carboxylic acids is 1. The molecule has 0 saturated carbocycles. The fourth-order valence-corrected chi connectivity index (χ4v) is 2.20. The predicted octanol–water partition coefficient (Wildman–Crippen LogP) is 3.38. The summed E-state index contributed by atoms with van der Waals surface area (Å²) in [4.78, 5) is 11.9. The maximum atomic E-state index is 11.9. The van der Waals surface area contributed by atoms with E-state index in [2.05, 4.69) is 33.0 Å². The van der Waals surface area contributed by atoms with Crippen molar-refractivity contribution in [1.82, 2.24) is 5.32 Å². The third kappa shape index (κ3) is 4.96. The van der Waals surface area contributed by atoms with Crippen molar-refractivity contribution in [2.75, 3.05) is 12.3 Å². The molecule has 0 aliphatic carbocycles. The van der Waals surface area contributed by atoms with E-state index in [9.17, 15) is 4.79 Å². The van der Waals surface area contributed by atoms with Crippen molar-refractivity contribution in [1.29, 1.82) is 0 Å². The number of carbonyl (C=O) groups is 1. The normalized spacial score (nSPS) is 11.0. The number of hydrogen-bond acceptors (Lipinski definition) is 3. The number of anilines is 1. The molecule has 1 aromatic carbocycles. The fraction of sp³-hybridized carbons (Fsp3) is 0.588. The molecule has 0 atom stereocenters. The van der Waals surface area contributed by atoms with E-state index >= 15 is 0 Å². The molecule has 0 aliphatic rings. The van der Waals surface area contributed by atoms with Crippen LogP contribution in [0.2, 0.25) is 0 Å². The first-order valence-corrected chi connectivity index (χ1v) is 7.71. The third-order valence-electron chi connectivity index (χ3n) is 3.73. The van der Waals surface area contributed by atoms with Crippen molar-refractivity contribution in [3.63, 3.8) is 0 Å². The van der Waals surface area contributed by atoms with Gasteiger partial charge in [-0.2, -0.15) is 0 Å². The van der Waals surface area contributed by atoms with Gasteiger partial charge in [0.25, 0.3) is 5.91 Å². The summed E-state index contributed by atoms with van der Waals surface area (Å²) >= 11 is 0. The fourth-order valence-electron chi connectivity index (χ4n) is 2.20. The van der Waals surface area contributed by atoms with E-state index in [4.69, 9.17) is 10.5 Å². The third-order valence-corrected chi connectivity index (χ3v) is 3.73. The predicted molar refractivity (Wildman–Crippen MR) is 87.7 cm³/mol. The largest absolute Gasteiger partial charge is 0.483 e. The van der Waals surface area contributed by atoms with Crippen molar-refractivity contribution in [2.24, 2.45) is 0 Å². The van der Waals surface area contributed by atoms with Crippen molar-refractivity contribution in [3.05, 3.63) is 23.3 Å². The minimum atomic E-state index is -0.0760. The Morgan fingerprint density at radius 3 is 2.43 bits per heavy atom. The molecule has 0 aliphatic heterocycles. The average molecular weight is 292 g/mol. The molecule has 0 saturated heterocycles. The monoisotopic (exact) mass is 292 g/mol. The molecule has 4 nitrogen and oxygen atoms in total. The zero-order chi connectivity index (χ0) is 16.0. The van der Waals surface area contributed by atoms with Crippen LogP contribution in [0.25, 0.3) is 0 Å². The second kappa shape index (κ2) is 7.91. The molecule has 0 radical (unpaired) electrons. The van der Waals surface area contributed by atoms with Crippen LogP contribution in [0.15, 0.2) is 12.1 Å². The number of hydrogen-bond donors (Lipinski definition) is 2. The zero-order valence-electron chi connectivity index (χ0n) is 13.8. The summed E-state index contributed by atoms with van der Waals surface area (Å²) in [5.74, 6) is 0.967. The minimum absolute atomic E-state index is 0.0412. The second-order valence-corrected chi connectivity index (χ2v) is 5.77. The number of rotatable bonds is 7. The molecule has 21 heavy (non-hydrogen) atoms. The Morgan fingerprint density at radius 1 is 1.29 bits per heavy atom. The Morgan fingerprint density at radius 2 is 1.90 bits per heavy atom. The van der Waals surface area contributed by atoms with E-state index in [1.54, 1.807) is 0 Å². The molecule has 0 heterocycles. The van der Waals surface area contributed by atoms with E-state index in [0.717, 1.165) is 35.4 Å². The lowest BCUT2D eigenvalue weighted by Gasteiger charge is -2.18. The van der Waals surface area contributed by atoms with Crippen LogP contribution in [-0.4, -0.2) is 18.6 Å². The lowest BCUT2D eigenvalue weighted by Crippen LogP contribution is -2.37. The van der Waals surface area contributed by atoms with E-state index in [-0.39, 0.29) is 18.6 Å². The van der Waals surface area contributed by atoms with Gasteiger partial charge in [0.2, 0.25) is 0 Å². The van der Waals surface area contributed by atoms with Gasteiger partial charge in [-0.15, -0.1) is 0 Å². The molecule has 1 aromatic rings. The van der Waals surface area contributed by atoms with Crippen molar-refractivity contribution in [2.45, 2.75) is 59.4 Å². The highest BCUT2D eigenvalue weighted by molar-refractivity contribution is 5.78. The maximum absolute atomic E-state index is 11.9. The number of aryl methyl sites for hydroxylation is 1. The number of benzene rings is 1. The maximum Gasteiger partial charge on any atom is 0.258 e. The van der Waals surface area contributed by atoms with Gasteiger partial charge in [0.15, 0.2) is 6.61 Å². The first-order valence-electron chi connectivity index (χ1n) is 7.71. The van der Waals surface area contributed by atoms with Gasteiger partial charge in [0, 0.05) is 11.7 Å². The zero-order valence-corrected chi connectivity index (χ0v) is 13.8. The van der Waals surface area contributed by atoms with E-state index in [0.29, 0.717) is 5.92 Å². The van der Waals surface area contributed by atoms with Gasteiger partial charge in [-0.3, -0.25) is 4.79 Å². The molecule has 3 N–H and O–H groups in total. The number of amides is 1. The molecule has 0 bridgehead atoms. The highest BCUT2D eigenvalue weighted by Crippen LogP contribution is 2.30. The standard InChI is InChI=1S/C17H28N2O2/c1-6-13(7-2)19-17(20)10-21-16-8-12(5)15(18)9-14(16)11(3)4/h8-9,11,13H,6-7,10,18H2,1-5H3,(H,19,20). The summed E-state index contributed by atoms with van der Waals surface area (Å²) in [6.07, 6.45) is 1.86. The molecule has 0 aromatic heterocycles. The Bertz CT molecular complexity index is 480. The Kier molecular flexibility index (Phi) is 6.53. The smallest absolute Gasteiger partial charge is 0.258 e. The summed E-state index contributed by atoms with van der Waals surface area (Å²) < 4.78 is 5.72. The van der Waals surface area contributed by atoms with Gasteiger partial charge < -0.3 is 15.8 Å². The molecule has 0 spiro atoms. The van der Waals surface area contributed by atoms with E-state index in [1.165, 1.54) is 0 Å². The van der Waals surface area contributed by atoms with Gasteiger partial charge in [-0.1, -0.05) is 27.7 Å². The average Bonchev–Trinajstić information content (AvgIpc) is 2.45. The van der Waals surface area contributed by atoms with Crippen LogP contribution in [0, 0.1) is 6.92 Å². The second-order valence-electron chi connectivity index (χ2n) is 5.77. The van der Waals surface area contributed by atoms with Crippen LogP contribution in [-0.2, 0) is 4.79 Å². The number of nitrogens with one attached hydrogen (secondary N) is 1. The quantitative estimate of drug-likeness (QED) is 0.757. The molecule has 0 unspecified atom stereocenters. The molecular formula is C17H28N2O2. The number of nitrogen functional groups attached to an aromatic ring is 1. The van der Waals surface area contributed by atoms with Gasteiger partial charge in [0.05, 0.1) is 0 Å². The SMILES string of the molecule is CCC(CC)NC(=O)COc1cc(C)c(N)cc1C(C)C. The van der Waals surface area contributed by atoms with Gasteiger partial charge in [0.1, 0.15) is 5.75 Å². The van der Waals surface area contributed by atoms with E-state index in [1.807, 2.05) is 19.1 Å². The highest BCUT2D eigenvalue weighted by atomic mass is 16.5. The van der Waals surface area contributed by atoms with Gasteiger partial charge >= 0.3 is 0 Å². The Labute approximate surface area is 128 Å². The number of ether oxygens (including phenoxy) is 1. The van der Waals surface area contributed by atoms with E-state index < -0.39 is 0 Å². The van der Waals surface area contributed by atoms with Crippen LogP contribution in [0.4, 0.5) is 5.69 Å². The van der Waals surface area contributed by atoms with Crippen LogP contribution in [0.5, 0.6) is 5.75 Å². The molecule has 4 heteroatoms. The lowest BCUT2D eigenvalue weighted by atomic mass is 9.99. The molecule has 1 amide bonds. The van der Waals surface area contributed by atoms with Crippen LogP contribution in [0.3, 0.4) is 0 Å². The Balaban J connectivity index is 2.74.